The zero-order chi connectivity index (χ0) is 19.3. The molecule has 0 radical (unpaired) electrons. The van der Waals surface area contributed by atoms with Crippen molar-refractivity contribution >= 4 is 35.1 Å². The molecule has 8 heteroatoms. The Hall–Kier alpha value is -3.06. The summed E-state index contributed by atoms with van der Waals surface area (Å²) in [4.78, 5) is 32.1. The molecule has 1 aliphatic heterocycles. The molecule has 1 aromatic carbocycles. The van der Waals surface area contributed by atoms with Crippen LogP contribution in [0.1, 0.15) is 18.9 Å². The van der Waals surface area contributed by atoms with Gasteiger partial charge in [-0.15, -0.1) is 10.2 Å². The molecule has 1 aromatic rings. The smallest absolute Gasteiger partial charge is 0.331 e. The van der Waals surface area contributed by atoms with Gasteiger partial charge in [0.2, 0.25) is 0 Å². The summed E-state index contributed by atoms with van der Waals surface area (Å²) in [7, 11) is 0. The highest BCUT2D eigenvalue weighted by Gasteiger charge is 2.34. The van der Waals surface area contributed by atoms with Crippen LogP contribution in [0.5, 0.6) is 0 Å². The Balaban J connectivity index is 0.000000187. The molecule has 0 spiro atoms. The topological polar surface area (TPSA) is 116 Å². The summed E-state index contributed by atoms with van der Waals surface area (Å²) in [5, 5.41) is 25.2. The van der Waals surface area contributed by atoms with E-state index in [2.05, 4.69) is 10.2 Å². The van der Waals surface area contributed by atoms with E-state index in [1.54, 1.807) is 24.3 Å². The molecule has 0 bridgehead atoms. The third-order valence-electron chi connectivity index (χ3n) is 3.74. The number of carboxylic acid groups (broad SMARTS) is 2. The molecule has 134 valence electrons. The first-order valence-corrected chi connectivity index (χ1v) is 7.87. The maximum atomic E-state index is 10.8. The number of allylic oxidation sites excluding steroid dienone is 2. The molecule has 26 heavy (non-hydrogen) atoms. The van der Waals surface area contributed by atoms with Gasteiger partial charge in [-0.25, -0.2) is 4.79 Å². The van der Waals surface area contributed by atoms with Crippen LogP contribution in [-0.4, -0.2) is 28.1 Å². The van der Waals surface area contributed by atoms with Crippen LogP contribution in [0.3, 0.4) is 0 Å². The second kappa shape index (κ2) is 7.88. The molecular formula is C18H15ClN2O5. The summed E-state index contributed by atoms with van der Waals surface area (Å²) in [6, 6.07) is 7.09. The fraction of sp³-hybridized carbons (Fsp3) is 0.167. The number of rotatable bonds is 3. The van der Waals surface area contributed by atoms with Crippen LogP contribution in [0.2, 0.25) is 5.02 Å². The van der Waals surface area contributed by atoms with Crippen LogP contribution in [0, 0.1) is 5.41 Å². The van der Waals surface area contributed by atoms with Crippen molar-refractivity contribution in [1.82, 2.24) is 0 Å². The van der Waals surface area contributed by atoms with E-state index in [-0.39, 0.29) is 17.9 Å². The van der Waals surface area contributed by atoms with Crippen LogP contribution in [0.25, 0.3) is 5.70 Å². The number of carboxylic acids is 2. The van der Waals surface area contributed by atoms with Crippen molar-refractivity contribution < 1.29 is 24.6 Å². The van der Waals surface area contributed by atoms with Gasteiger partial charge < -0.3 is 10.2 Å². The molecule has 0 saturated heterocycles. The quantitative estimate of drug-likeness (QED) is 0.836. The van der Waals surface area contributed by atoms with Crippen molar-refractivity contribution in [3.63, 3.8) is 0 Å². The number of benzene rings is 1. The Labute approximate surface area is 154 Å². The first-order valence-electron chi connectivity index (χ1n) is 7.50. The highest BCUT2D eigenvalue weighted by molar-refractivity contribution is 6.30. The van der Waals surface area contributed by atoms with Crippen molar-refractivity contribution in [2.24, 2.45) is 15.6 Å². The average molecular weight is 375 g/mol. The largest absolute Gasteiger partial charge is 0.481 e. The molecule has 0 aromatic heterocycles. The van der Waals surface area contributed by atoms with Gasteiger partial charge in [0.1, 0.15) is 0 Å². The molecule has 1 heterocycles. The van der Waals surface area contributed by atoms with Crippen LogP contribution in [-0.2, 0) is 14.4 Å². The molecule has 2 aliphatic rings. The lowest BCUT2D eigenvalue weighted by molar-refractivity contribution is -0.145. The predicted octanol–water partition coefficient (Wildman–Crippen LogP) is 3.72. The SMILES string of the molecule is CC1(C(=O)O)C=CC=C(C(=O)O)C1.O=C1C=C(c2ccc(Cl)cc2)N=N1. The molecule has 1 atom stereocenters. The monoisotopic (exact) mass is 374 g/mol. The van der Waals surface area contributed by atoms with Gasteiger partial charge in [0.15, 0.2) is 0 Å². The second-order valence-electron chi connectivity index (χ2n) is 5.83. The Kier molecular flexibility index (Phi) is 5.84. The highest BCUT2D eigenvalue weighted by atomic mass is 35.5. The summed E-state index contributed by atoms with van der Waals surface area (Å²) in [5.74, 6) is -2.38. The summed E-state index contributed by atoms with van der Waals surface area (Å²) in [6.45, 7) is 1.50. The summed E-state index contributed by atoms with van der Waals surface area (Å²) < 4.78 is 0. The van der Waals surface area contributed by atoms with E-state index in [0.29, 0.717) is 10.7 Å². The molecule has 0 fully saturated rings. The number of hydrogen-bond donors (Lipinski definition) is 2. The lowest BCUT2D eigenvalue weighted by Gasteiger charge is -2.23. The summed E-state index contributed by atoms with van der Waals surface area (Å²) in [6.07, 6.45) is 5.83. The highest BCUT2D eigenvalue weighted by Crippen LogP contribution is 2.31. The fourth-order valence-electron chi connectivity index (χ4n) is 2.22. The Morgan fingerprint density at radius 2 is 1.81 bits per heavy atom. The average Bonchev–Trinajstić information content (AvgIpc) is 3.02. The van der Waals surface area contributed by atoms with Gasteiger partial charge >= 0.3 is 11.9 Å². The fourth-order valence-corrected chi connectivity index (χ4v) is 2.35. The number of hydrogen-bond acceptors (Lipinski definition) is 4. The Morgan fingerprint density at radius 3 is 2.31 bits per heavy atom. The van der Waals surface area contributed by atoms with Gasteiger partial charge in [-0.3, -0.25) is 9.59 Å². The van der Waals surface area contributed by atoms with E-state index in [4.69, 9.17) is 21.8 Å². The molecule has 0 saturated carbocycles. The van der Waals surface area contributed by atoms with Crippen molar-refractivity contribution in [2.75, 3.05) is 0 Å². The number of carbonyl (C=O) groups is 3. The number of azo groups is 1. The number of aliphatic carboxylic acids is 2. The first kappa shape index (κ1) is 19.3. The molecule has 2 N–H and O–H groups in total. The van der Waals surface area contributed by atoms with Gasteiger partial charge in [-0.05, 0) is 25.5 Å². The van der Waals surface area contributed by atoms with Gasteiger partial charge in [0.25, 0.3) is 5.91 Å². The van der Waals surface area contributed by atoms with Crippen molar-refractivity contribution in [1.29, 1.82) is 0 Å². The second-order valence-corrected chi connectivity index (χ2v) is 6.27. The molecule has 3 rings (SSSR count). The zero-order valence-corrected chi connectivity index (χ0v) is 14.5. The van der Waals surface area contributed by atoms with Crippen LogP contribution in [0.15, 0.2) is 64.4 Å². The molecule has 7 nitrogen and oxygen atoms in total. The van der Waals surface area contributed by atoms with Crippen LogP contribution in [0.4, 0.5) is 0 Å². The third kappa shape index (κ3) is 4.73. The molecule has 1 amide bonds. The zero-order valence-electron chi connectivity index (χ0n) is 13.7. The van der Waals surface area contributed by atoms with Crippen molar-refractivity contribution in [2.45, 2.75) is 13.3 Å². The Morgan fingerprint density at radius 1 is 1.15 bits per heavy atom. The van der Waals surface area contributed by atoms with E-state index in [1.165, 1.54) is 31.2 Å². The van der Waals surface area contributed by atoms with Crippen molar-refractivity contribution in [3.05, 3.63) is 64.7 Å². The van der Waals surface area contributed by atoms with Gasteiger partial charge in [0, 0.05) is 22.2 Å². The Bertz CT molecular complexity index is 868. The molecular weight excluding hydrogens is 360 g/mol. The standard InChI is InChI=1S/C9H5ClN2O.C9H10O4/c10-7-3-1-6(2-4-7)8-5-9(13)12-11-8;1-9(8(12)13)4-2-3-6(5-9)7(10)11/h1-5H;2-4H,5H2,1H3,(H,10,11)(H,12,13). The molecule has 1 unspecified atom stereocenters. The van der Waals surface area contributed by atoms with Gasteiger partial charge in [-0.1, -0.05) is 42.0 Å². The maximum absolute atomic E-state index is 10.8. The predicted molar refractivity (Wildman–Crippen MR) is 94.5 cm³/mol. The van der Waals surface area contributed by atoms with Gasteiger partial charge in [-0.2, -0.15) is 0 Å². The number of nitrogens with zero attached hydrogens (tertiary/aromatic N) is 2. The van der Waals surface area contributed by atoms with Crippen LogP contribution >= 0.6 is 11.6 Å². The van der Waals surface area contributed by atoms with E-state index >= 15 is 0 Å². The minimum absolute atomic E-state index is 0.0359. The minimum Gasteiger partial charge on any atom is -0.481 e. The number of halogens is 1. The minimum atomic E-state index is -1.08. The van der Waals surface area contributed by atoms with Gasteiger partial charge in [0.05, 0.1) is 11.1 Å². The van der Waals surface area contributed by atoms with Crippen LogP contribution < -0.4 is 0 Å². The third-order valence-corrected chi connectivity index (χ3v) is 3.99. The van der Waals surface area contributed by atoms with E-state index in [0.717, 1.165) is 5.56 Å². The first-order chi connectivity index (χ1) is 12.2. The van der Waals surface area contributed by atoms with E-state index in [9.17, 15) is 14.4 Å². The summed E-state index contributed by atoms with van der Waals surface area (Å²) >= 11 is 5.71. The normalized spacial score (nSPS) is 20.8. The van der Waals surface area contributed by atoms with Crippen molar-refractivity contribution in [3.8, 4) is 0 Å². The lowest BCUT2D eigenvalue weighted by Crippen LogP contribution is -2.28. The maximum Gasteiger partial charge on any atom is 0.331 e. The van der Waals surface area contributed by atoms with E-state index in [1.807, 2.05) is 0 Å². The molecule has 1 aliphatic carbocycles. The summed E-state index contributed by atoms with van der Waals surface area (Å²) in [5.41, 5.74) is 0.482. The lowest BCUT2D eigenvalue weighted by atomic mass is 9.80. The number of carbonyl (C=O) groups excluding carboxylic acids is 1. The van der Waals surface area contributed by atoms with E-state index < -0.39 is 17.4 Å². The number of amides is 1.